The molecule has 3 atom stereocenters. The summed E-state index contributed by atoms with van der Waals surface area (Å²) in [6.45, 7) is 3.70. The Hall–Kier alpha value is -0.380. The van der Waals surface area contributed by atoms with E-state index in [9.17, 15) is 0 Å². The molecule has 0 heterocycles. The Bertz CT molecular complexity index is 219. The molecule has 13 heavy (non-hydrogen) atoms. The maximum atomic E-state index is 5.71. The minimum Gasteiger partial charge on any atom is -0.302 e. The molecule has 2 aliphatic rings. The third-order valence-electron chi connectivity index (χ3n) is 2.75. The first-order chi connectivity index (χ1) is 6.04. The fourth-order valence-corrected chi connectivity index (χ4v) is 2.14. The zero-order valence-electron chi connectivity index (χ0n) is 8.29. The van der Waals surface area contributed by atoms with Gasteiger partial charge in [0.15, 0.2) is 0 Å². The minimum atomic E-state index is -0.578. The van der Waals surface area contributed by atoms with Gasteiger partial charge in [0.1, 0.15) is 5.72 Å². The highest BCUT2D eigenvalue weighted by molar-refractivity contribution is 5.12. The third-order valence-corrected chi connectivity index (χ3v) is 2.75. The van der Waals surface area contributed by atoms with Crippen molar-refractivity contribution < 1.29 is 4.84 Å². The van der Waals surface area contributed by atoms with Crippen molar-refractivity contribution in [2.75, 3.05) is 0 Å². The van der Waals surface area contributed by atoms with E-state index in [0.29, 0.717) is 12.0 Å². The van der Waals surface area contributed by atoms with Crippen LogP contribution in [0.3, 0.4) is 0 Å². The second-order valence-corrected chi connectivity index (χ2v) is 4.71. The fourth-order valence-electron chi connectivity index (χ4n) is 2.14. The van der Waals surface area contributed by atoms with E-state index in [4.69, 9.17) is 10.6 Å². The number of hydroxylamine groups is 1. The van der Waals surface area contributed by atoms with Crippen LogP contribution in [-0.4, -0.2) is 11.8 Å². The highest BCUT2D eigenvalue weighted by Crippen LogP contribution is 2.38. The lowest BCUT2D eigenvalue weighted by atomic mass is 10.0. The van der Waals surface area contributed by atoms with Gasteiger partial charge in [-0.15, -0.1) is 0 Å². The lowest BCUT2D eigenvalue weighted by Gasteiger charge is -2.25. The summed E-state index contributed by atoms with van der Waals surface area (Å²) in [7, 11) is 0. The summed E-state index contributed by atoms with van der Waals surface area (Å²) >= 11 is 0. The second kappa shape index (κ2) is 3.08. The van der Waals surface area contributed by atoms with Crippen LogP contribution >= 0.6 is 0 Å². The van der Waals surface area contributed by atoms with Crippen LogP contribution in [0.4, 0.5) is 0 Å². The van der Waals surface area contributed by atoms with Gasteiger partial charge >= 0.3 is 0 Å². The number of hydrogen-bond acceptors (Lipinski definition) is 3. The normalized spacial score (nSPS) is 37.3. The van der Waals surface area contributed by atoms with Crippen LogP contribution in [0.5, 0.6) is 0 Å². The van der Waals surface area contributed by atoms with E-state index < -0.39 is 5.72 Å². The molecule has 0 aromatic heterocycles. The fraction of sp³-hybridized carbons (Fsp3) is 0.800. The first-order valence-corrected chi connectivity index (χ1v) is 4.95. The van der Waals surface area contributed by atoms with E-state index in [1.54, 1.807) is 0 Å². The second-order valence-electron chi connectivity index (χ2n) is 4.71. The molecule has 0 radical (unpaired) electrons. The largest absolute Gasteiger partial charge is 0.302 e. The van der Waals surface area contributed by atoms with Gasteiger partial charge in [-0.25, -0.2) is 0 Å². The van der Waals surface area contributed by atoms with E-state index in [0.717, 1.165) is 5.92 Å². The molecule has 3 heteroatoms. The zero-order chi connectivity index (χ0) is 9.47. The standard InChI is InChI=1S/C10H18N2O/c1-10(2,11)13-12-9-6-7-3-4-8(9)5-7/h3-4,7-9,12H,5-6,11H2,1-2H3. The molecule has 2 bridgehead atoms. The van der Waals surface area contributed by atoms with Gasteiger partial charge < -0.3 is 5.73 Å². The molecule has 0 aromatic carbocycles. The monoisotopic (exact) mass is 182 g/mol. The molecule has 3 nitrogen and oxygen atoms in total. The third kappa shape index (κ3) is 2.10. The summed E-state index contributed by atoms with van der Waals surface area (Å²) in [6.07, 6.45) is 7.08. The molecule has 3 N–H and O–H groups in total. The van der Waals surface area contributed by atoms with E-state index in [2.05, 4.69) is 17.6 Å². The first-order valence-electron chi connectivity index (χ1n) is 4.95. The lowest BCUT2D eigenvalue weighted by molar-refractivity contribution is -0.0986. The number of hydrogen-bond donors (Lipinski definition) is 2. The summed E-state index contributed by atoms with van der Waals surface area (Å²) in [5.74, 6) is 1.43. The van der Waals surface area contributed by atoms with Crippen LogP contribution in [0.2, 0.25) is 0 Å². The van der Waals surface area contributed by atoms with Crippen LogP contribution in [0.1, 0.15) is 26.7 Å². The van der Waals surface area contributed by atoms with Crippen LogP contribution < -0.4 is 11.2 Å². The Morgan fingerprint density at radius 3 is 2.62 bits per heavy atom. The number of allylic oxidation sites excluding steroid dienone is 1. The average Bonchev–Trinajstić information content (AvgIpc) is 2.58. The molecule has 0 amide bonds. The van der Waals surface area contributed by atoms with Crippen molar-refractivity contribution in [2.24, 2.45) is 17.6 Å². The lowest BCUT2D eigenvalue weighted by Crippen LogP contribution is -2.45. The molecule has 0 spiro atoms. The van der Waals surface area contributed by atoms with Gasteiger partial charge in [-0.3, -0.25) is 4.84 Å². The van der Waals surface area contributed by atoms with Gasteiger partial charge in [-0.1, -0.05) is 12.2 Å². The highest BCUT2D eigenvalue weighted by Gasteiger charge is 2.36. The molecule has 74 valence electrons. The van der Waals surface area contributed by atoms with Gasteiger partial charge in [0.2, 0.25) is 0 Å². The molecular weight excluding hydrogens is 164 g/mol. The van der Waals surface area contributed by atoms with Gasteiger partial charge in [0.25, 0.3) is 0 Å². The van der Waals surface area contributed by atoms with Crippen LogP contribution in [0.15, 0.2) is 12.2 Å². The Morgan fingerprint density at radius 1 is 1.38 bits per heavy atom. The quantitative estimate of drug-likeness (QED) is 0.391. The van der Waals surface area contributed by atoms with Crippen LogP contribution in [-0.2, 0) is 4.84 Å². The summed E-state index contributed by atoms with van der Waals surface area (Å²) in [5.41, 5.74) is 8.21. The van der Waals surface area contributed by atoms with E-state index >= 15 is 0 Å². The van der Waals surface area contributed by atoms with Gasteiger partial charge in [0.05, 0.1) is 0 Å². The Labute approximate surface area is 79.3 Å². The maximum absolute atomic E-state index is 5.71. The summed E-state index contributed by atoms with van der Waals surface area (Å²) in [6, 6.07) is 0.470. The molecule has 2 rings (SSSR count). The van der Waals surface area contributed by atoms with E-state index in [1.165, 1.54) is 12.8 Å². The Balaban J connectivity index is 1.81. The van der Waals surface area contributed by atoms with Gasteiger partial charge in [-0.05, 0) is 38.5 Å². The van der Waals surface area contributed by atoms with Crippen molar-refractivity contribution in [3.05, 3.63) is 12.2 Å². The number of nitrogens with two attached hydrogens (primary N) is 1. The summed E-state index contributed by atoms with van der Waals surface area (Å²) < 4.78 is 0. The molecule has 0 aliphatic heterocycles. The molecule has 3 unspecified atom stereocenters. The van der Waals surface area contributed by atoms with Gasteiger partial charge in [0, 0.05) is 6.04 Å². The van der Waals surface area contributed by atoms with E-state index in [-0.39, 0.29) is 0 Å². The van der Waals surface area contributed by atoms with Crippen molar-refractivity contribution in [3.63, 3.8) is 0 Å². The number of nitrogens with one attached hydrogen (secondary N) is 1. The summed E-state index contributed by atoms with van der Waals surface area (Å²) in [5, 5.41) is 0. The van der Waals surface area contributed by atoms with Crippen molar-refractivity contribution in [1.82, 2.24) is 5.48 Å². The average molecular weight is 182 g/mol. The zero-order valence-corrected chi connectivity index (χ0v) is 8.29. The molecule has 1 saturated carbocycles. The van der Waals surface area contributed by atoms with Crippen molar-refractivity contribution >= 4 is 0 Å². The molecule has 2 aliphatic carbocycles. The van der Waals surface area contributed by atoms with Crippen molar-refractivity contribution in [2.45, 2.75) is 38.5 Å². The van der Waals surface area contributed by atoms with Crippen LogP contribution in [0, 0.1) is 11.8 Å². The molecular formula is C10H18N2O. The van der Waals surface area contributed by atoms with Crippen LogP contribution in [0.25, 0.3) is 0 Å². The predicted molar refractivity (Wildman–Crippen MR) is 51.6 cm³/mol. The molecule has 0 aromatic rings. The Kier molecular flexibility index (Phi) is 2.18. The van der Waals surface area contributed by atoms with Gasteiger partial charge in [-0.2, -0.15) is 5.48 Å². The predicted octanol–water partition coefficient (Wildman–Crippen LogP) is 1.17. The molecule has 0 saturated heterocycles. The smallest absolute Gasteiger partial charge is 0.132 e. The van der Waals surface area contributed by atoms with Crippen molar-refractivity contribution in [1.29, 1.82) is 0 Å². The topological polar surface area (TPSA) is 47.3 Å². The Morgan fingerprint density at radius 2 is 2.15 bits per heavy atom. The maximum Gasteiger partial charge on any atom is 0.132 e. The van der Waals surface area contributed by atoms with E-state index in [1.807, 2.05) is 13.8 Å². The van der Waals surface area contributed by atoms with Crippen molar-refractivity contribution in [3.8, 4) is 0 Å². The number of rotatable bonds is 3. The SMILES string of the molecule is CC(C)(N)ONC1CC2C=CC1C2. The first kappa shape index (κ1) is 9.19. The minimum absolute atomic E-state index is 0.470. The molecule has 1 fully saturated rings. The summed E-state index contributed by atoms with van der Waals surface area (Å²) in [4.78, 5) is 5.36. The highest BCUT2D eigenvalue weighted by atomic mass is 16.7. The number of fused-ring (bicyclic) bond motifs is 2.